The number of aromatic nitrogens is 1. The molecular weight excluding hydrogens is 378 g/mol. The fourth-order valence-electron chi connectivity index (χ4n) is 3.50. The predicted octanol–water partition coefficient (Wildman–Crippen LogP) is 2.60. The first kappa shape index (κ1) is 18.3. The van der Waals surface area contributed by atoms with Crippen LogP contribution in [0.4, 0.5) is 11.5 Å². The van der Waals surface area contributed by atoms with Crippen LogP contribution in [0.3, 0.4) is 0 Å². The van der Waals surface area contributed by atoms with Crippen molar-refractivity contribution in [2.24, 2.45) is 11.7 Å². The first-order chi connectivity index (χ1) is 13.4. The minimum Gasteiger partial charge on any atom is -0.461 e. The molecular formula is C19H19N5O3S. The molecule has 0 unspecified atom stereocenters. The maximum atomic E-state index is 11.8. The molecule has 0 bridgehead atoms. The van der Waals surface area contributed by atoms with Gasteiger partial charge in [0.05, 0.1) is 17.4 Å². The zero-order valence-corrected chi connectivity index (χ0v) is 16.0. The summed E-state index contributed by atoms with van der Waals surface area (Å²) in [5.41, 5.74) is 12.6. The van der Waals surface area contributed by atoms with Crippen LogP contribution in [-0.4, -0.2) is 28.6 Å². The highest BCUT2D eigenvalue weighted by Crippen LogP contribution is 2.43. The number of rotatable bonds is 5. The van der Waals surface area contributed by atoms with E-state index in [4.69, 9.17) is 15.9 Å². The monoisotopic (exact) mass is 397 g/mol. The highest BCUT2D eigenvalue weighted by Gasteiger charge is 2.29. The molecule has 1 aliphatic carbocycles. The zero-order valence-electron chi connectivity index (χ0n) is 15.2. The minimum atomic E-state index is -0.640. The number of nitrogens with one attached hydrogen (secondary N) is 1. The standard InChI is InChI=1S/C19H19N5O3S/c1-8-2-3-12(27-8)13-11(6-20)18(23-7-9-4-10(25)5-9)24-19-14(13)15(21)16(28-19)17(22)26/h2-3,9-10,25H,4-5,7,21H2,1H3,(H2,22,26)(H,23,24). The lowest BCUT2D eigenvalue weighted by molar-refractivity contribution is 0.0486. The first-order valence-corrected chi connectivity index (χ1v) is 9.65. The van der Waals surface area contributed by atoms with Crippen LogP contribution in [0.15, 0.2) is 16.5 Å². The van der Waals surface area contributed by atoms with Gasteiger partial charge in [-0.3, -0.25) is 4.79 Å². The number of aryl methyl sites for hydroxylation is 1. The van der Waals surface area contributed by atoms with E-state index in [2.05, 4.69) is 16.4 Å². The molecule has 1 amide bonds. The normalized spacial score (nSPS) is 18.6. The van der Waals surface area contributed by atoms with Crippen LogP contribution < -0.4 is 16.8 Å². The number of carbonyl (C=O) groups is 1. The average molecular weight is 397 g/mol. The van der Waals surface area contributed by atoms with Gasteiger partial charge in [0.15, 0.2) is 0 Å². The number of hydrogen-bond donors (Lipinski definition) is 4. The molecule has 144 valence electrons. The molecule has 6 N–H and O–H groups in total. The van der Waals surface area contributed by atoms with Crippen molar-refractivity contribution in [3.8, 4) is 17.4 Å². The van der Waals surface area contributed by atoms with Crippen LogP contribution >= 0.6 is 11.3 Å². The number of anilines is 2. The Balaban J connectivity index is 1.90. The fourth-order valence-corrected chi connectivity index (χ4v) is 4.45. The van der Waals surface area contributed by atoms with Gasteiger partial charge in [0.2, 0.25) is 0 Å². The van der Waals surface area contributed by atoms with E-state index in [-0.39, 0.29) is 16.7 Å². The van der Waals surface area contributed by atoms with Gasteiger partial charge in [0.1, 0.15) is 38.7 Å². The lowest BCUT2D eigenvalue weighted by atomic mass is 9.82. The Hall–Kier alpha value is -3.09. The lowest BCUT2D eigenvalue weighted by Crippen LogP contribution is -2.33. The Morgan fingerprint density at radius 1 is 1.50 bits per heavy atom. The Labute approximate surface area is 164 Å². The zero-order chi connectivity index (χ0) is 20.0. The molecule has 28 heavy (non-hydrogen) atoms. The number of primary amides is 1. The number of nitriles is 1. The molecule has 1 fully saturated rings. The Kier molecular flexibility index (Phi) is 4.45. The second-order valence-corrected chi connectivity index (χ2v) is 7.99. The van der Waals surface area contributed by atoms with Crippen LogP contribution in [0, 0.1) is 24.2 Å². The van der Waals surface area contributed by atoms with E-state index in [1.54, 1.807) is 19.1 Å². The summed E-state index contributed by atoms with van der Waals surface area (Å²) in [4.78, 5) is 17.0. The minimum absolute atomic E-state index is 0.203. The number of nitrogens with two attached hydrogens (primary N) is 2. The van der Waals surface area contributed by atoms with E-state index in [1.165, 1.54) is 0 Å². The summed E-state index contributed by atoms with van der Waals surface area (Å²) < 4.78 is 5.77. The molecule has 0 aliphatic heterocycles. The molecule has 4 rings (SSSR count). The maximum Gasteiger partial charge on any atom is 0.260 e. The number of thiophene rings is 1. The molecule has 0 atom stereocenters. The number of fused-ring (bicyclic) bond motifs is 1. The molecule has 1 saturated carbocycles. The molecule has 8 nitrogen and oxygen atoms in total. The van der Waals surface area contributed by atoms with E-state index in [0.29, 0.717) is 51.1 Å². The van der Waals surface area contributed by atoms with Crippen molar-refractivity contribution in [2.75, 3.05) is 17.6 Å². The molecule has 0 spiro atoms. The van der Waals surface area contributed by atoms with Crippen molar-refractivity contribution in [3.63, 3.8) is 0 Å². The summed E-state index contributed by atoms with van der Waals surface area (Å²) in [6.45, 7) is 2.39. The van der Waals surface area contributed by atoms with Gasteiger partial charge in [-0.25, -0.2) is 4.98 Å². The molecule has 3 heterocycles. The first-order valence-electron chi connectivity index (χ1n) is 8.83. The third kappa shape index (κ3) is 2.96. The number of furan rings is 1. The third-order valence-electron chi connectivity index (χ3n) is 4.97. The van der Waals surface area contributed by atoms with Gasteiger partial charge >= 0.3 is 0 Å². The number of hydrogen-bond acceptors (Lipinski definition) is 8. The average Bonchev–Trinajstić information content (AvgIpc) is 3.20. The predicted molar refractivity (Wildman–Crippen MR) is 107 cm³/mol. The second kappa shape index (κ2) is 6.82. The lowest BCUT2D eigenvalue weighted by Gasteiger charge is -2.31. The van der Waals surface area contributed by atoms with E-state index in [0.717, 1.165) is 24.2 Å². The van der Waals surface area contributed by atoms with Crippen LogP contribution in [0.5, 0.6) is 0 Å². The number of pyridine rings is 1. The number of nitrogens with zero attached hydrogens (tertiary/aromatic N) is 2. The van der Waals surface area contributed by atoms with Gasteiger partial charge in [0, 0.05) is 11.9 Å². The second-order valence-electron chi connectivity index (χ2n) is 6.99. The van der Waals surface area contributed by atoms with Gasteiger partial charge in [-0.15, -0.1) is 11.3 Å². The van der Waals surface area contributed by atoms with E-state index in [9.17, 15) is 15.2 Å². The van der Waals surface area contributed by atoms with E-state index in [1.807, 2.05) is 0 Å². The summed E-state index contributed by atoms with van der Waals surface area (Å²) in [6.07, 6.45) is 1.19. The van der Waals surface area contributed by atoms with Gasteiger partial charge < -0.3 is 26.3 Å². The summed E-state index contributed by atoms with van der Waals surface area (Å²) in [7, 11) is 0. The molecule has 1 aliphatic rings. The van der Waals surface area contributed by atoms with Crippen LogP contribution in [0.2, 0.25) is 0 Å². The number of aliphatic hydroxyl groups excluding tert-OH is 1. The molecule has 0 radical (unpaired) electrons. The highest BCUT2D eigenvalue weighted by atomic mass is 32.1. The van der Waals surface area contributed by atoms with Crippen LogP contribution in [0.1, 0.15) is 33.8 Å². The Morgan fingerprint density at radius 3 is 2.82 bits per heavy atom. The van der Waals surface area contributed by atoms with Gasteiger partial charge in [0.25, 0.3) is 5.91 Å². The summed E-state index contributed by atoms with van der Waals surface area (Å²) in [5, 5.41) is 23.1. The number of carbonyl (C=O) groups excluding carboxylic acids is 1. The van der Waals surface area contributed by atoms with Crippen molar-refractivity contribution in [1.29, 1.82) is 5.26 Å². The fraction of sp³-hybridized carbons (Fsp3) is 0.316. The number of nitrogen functional groups attached to an aromatic ring is 1. The van der Waals surface area contributed by atoms with Gasteiger partial charge in [-0.2, -0.15) is 5.26 Å². The Bertz CT molecular complexity index is 1120. The smallest absolute Gasteiger partial charge is 0.260 e. The maximum absolute atomic E-state index is 11.8. The van der Waals surface area contributed by atoms with Gasteiger partial charge in [-0.05, 0) is 37.8 Å². The number of aliphatic hydroxyl groups is 1. The summed E-state index contributed by atoms with van der Waals surface area (Å²) in [6, 6.07) is 5.75. The van der Waals surface area contributed by atoms with Crippen LogP contribution in [0.25, 0.3) is 21.5 Å². The summed E-state index contributed by atoms with van der Waals surface area (Å²) >= 11 is 1.09. The molecule has 3 aromatic heterocycles. The van der Waals surface area contributed by atoms with Crippen molar-refractivity contribution in [3.05, 3.63) is 28.3 Å². The van der Waals surface area contributed by atoms with Gasteiger partial charge in [-0.1, -0.05) is 0 Å². The topological polar surface area (TPSA) is 151 Å². The highest BCUT2D eigenvalue weighted by molar-refractivity contribution is 7.21. The summed E-state index contributed by atoms with van der Waals surface area (Å²) in [5.74, 6) is 1.24. The molecule has 0 aromatic carbocycles. The van der Waals surface area contributed by atoms with Crippen molar-refractivity contribution in [1.82, 2.24) is 4.98 Å². The van der Waals surface area contributed by atoms with E-state index >= 15 is 0 Å². The van der Waals surface area contributed by atoms with E-state index < -0.39 is 5.91 Å². The third-order valence-corrected chi connectivity index (χ3v) is 6.08. The SMILES string of the molecule is Cc1ccc(-c2c(C#N)c(NCC3CC(O)C3)nc3sc(C(N)=O)c(N)c23)o1. The van der Waals surface area contributed by atoms with Crippen molar-refractivity contribution in [2.45, 2.75) is 25.9 Å². The van der Waals surface area contributed by atoms with Crippen molar-refractivity contribution >= 4 is 39.0 Å². The Morgan fingerprint density at radius 2 is 2.25 bits per heavy atom. The van der Waals surface area contributed by atoms with Crippen LogP contribution in [-0.2, 0) is 0 Å². The molecule has 9 heteroatoms. The largest absolute Gasteiger partial charge is 0.461 e. The number of amides is 1. The van der Waals surface area contributed by atoms with Crippen molar-refractivity contribution < 1.29 is 14.3 Å². The quantitative estimate of drug-likeness (QED) is 0.516. The molecule has 3 aromatic rings. The molecule has 0 saturated heterocycles.